The topological polar surface area (TPSA) is 15.3 Å². The van der Waals surface area contributed by atoms with Gasteiger partial charge in [-0.15, -0.1) is 6.42 Å². The van der Waals surface area contributed by atoms with E-state index in [2.05, 4.69) is 37.0 Å². The molecule has 0 aromatic carbocycles. The Morgan fingerprint density at radius 3 is 2.46 bits per heavy atom. The van der Waals surface area contributed by atoms with Crippen LogP contribution in [0.25, 0.3) is 0 Å². The first kappa shape index (κ1) is 12.5. The molecule has 0 heterocycles. The van der Waals surface area contributed by atoms with Gasteiger partial charge in [-0.3, -0.25) is 0 Å². The van der Waals surface area contributed by atoms with E-state index in [1.165, 1.54) is 0 Å². The molecule has 76 valence electrons. The van der Waals surface area contributed by atoms with Gasteiger partial charge in [-0.2, -0.15) is 0 Å². The van der Waals surface area contributed by atoms with Crippen LogP contribution in [0.15, 0.2) is 0 Å². The first-order valence-corrected chi connectivity index (χ1v) is 4.97. The van der Waals surface area contributed by atoms with Crippen LogP contribution < -0.4 is 5.32 Å². The van der Waals surface area contributed by atoms with Gasteiger partial charge in [0, 0.05) is 6.04 Å². The van der Waals surface area contributed by atoms with Crippen molar-refractivity contribution >= 4 is 0 Å². The summed E-state index contributed by atoms with van der Waals surface area (Å²) in [6.07, 6.45) is 6.39. The second-order valence-electron chi connectivity index (χ2n) is 3.77. The first-order valence-electron chi connectivity index (χ1n) is 4.97. The summed E-state index contributed by atoms with van der Waals surface area (Å²) in [6.45, 7) is 8.55. The monoisotopic (exact) mass is 182 g/mol. The maximum absolute atomic E-state index is 5.24. The minimum atomic E-state index is 0.198. The smallest absolute Gasteiger partial charge is 0.0658 e. The molecule has 2 heteroatoms. The lowest BCUT2D eigenvalue weighted by Gasteiger charge is -2.20. The van der Waals surface area contributed by atoms with Gasteiger partial charge in [-0.05, 0) is 47.3 Å². The number of terminal acetylenes is 1. The number of hydrogen-bond acceptors (Lipinski definition) is 2. The third-order valence-corrected chi connectivity index (χ3v) is 2.27. The zero-order valence-corrected chi connectivity index (χ0v) is 9.30. The highest BCUT2D eigenvalue weighted by Crippen LogP contribution is 1.94. The molecular weight excluding hydrogens is 160 g/mol. The van der Waals surface area contributed by atoms with Crippen molar-refractivity contribution in [3.63, 3.8) is 0 Å². The Morgan fingerprint density at radius 2 is 2.00 bits per heavy atom. The predicted octanol–water partition coefficient (Wildman–Crippen LogP) is 1.33. The van der Waals surface area contributed by atoms with Crippen molar-refractivity contribution in [1.29, 1.82) is 0 Å². The summed E-state index contributed by atoms with van der Waals surface area (Å²) < 4.78 is 0. The molecular formula is C11H22N2. The molecule has 0 aromatic rings. The molecule has 0 aliphatic heterocycles. The minimum Gasteiger partial charge on any atom is -0.304 e. The lowest BCUT2D eigenvalue weighted by molar-refractivity contribution is 0.269. The number of rotatable bonds is 6. The van der Waals surface area contributed by atoms with Gasteiger partial charge in [0.05, 0.1) is 6.04 Å². The minimum absolute atomic E-state index is 0.198. The second-order valence-corrected chi connectivity index (χ2v) is 3.77. The standard InChI is InChI=1S/C11H22N2/c1-6-11(4)12-8-7-9-13(5)10(2)3/h1,10-12H,7-9H2,2-5H3. The molecule has 0 fully saturated rings. The van der Waals surface area contributed by atoms with E-state index in [0.29, 0.717) is 6.04 Å². The summed E-state index contributed by atoms with van der Waals surface area (Å²) in [4.78, 5) is 2.34. The van der Waals surface area contributed by atoms with Gasteiger partial charge in [-0.25, -0.2) is 0 Å². The number of hydrogen-bond donors (Lipinski definition) is 1. The number of nitrogens with zero attached hydrogens (tertiary/aromatic N) is 1. The van der Waals surface area contributed by atoms with E-state index in [1.54, 1.807) is 0 Å². The quantitative estimate of drug-likeness (QED) is 0.492. The van der Waals surface area contributed by atoms with Crippen molar-refractivity contribution in [2.45, 2.75) is 39.3 Å². The summed E-state index contributed by atoms with van der Waals surface area (Å²) in [6, 6.07) is 0.828. The van der Waals surface area contributed by atoms with E-state index in [4.69, 9.17) is 6.42 Å². The van der Waals surface area contributed by atoms with Crippen molar-refractivity contribution in [1.82, 2.24) is 10.2 Å². The van der Waals surface area contributed by atoms with Gasteiger partial charge < -0.3 is 10.2 Å². The van der Waals surface area contributed by atoms with E-state index < -0.39 is 0 Å². The van der Waals surface area contributed by atoms with E-state index in [-0.39, 0.29) is 6.04 Å². The molecule has 0 radical (unpaired) electrons. The van der Waals surface area contributed by atoms with Crippen molar-refractivity contribution in [2.75, 3.05) is 20.1 Å². The van der Waals surface area contributed by atoms with E-state index in [0.717, 1.165) is 19.5 Å². The highest BCUT2D eigenvalue weighted by molar-refractivity contribution is 4.95. The molecule has 0 amide bonds. The Bertz CT molecular complexity index is 158. The fraction of sp³-hybridized carbons (Fsp3) is 0.818. The Balaban J connectivity index is 3.32. The first-order chi connectivity index (χ1) is 6.07. The summed E-state index contributed by atoms with van der Waals surface area (Å²) in [5.74, 6) is 2.65. The average Bonchev–Trinajstić information content (AvgIpc) is 2.11. The van der Waals surface area contributed by atoms with Crippen LogP contribution >= 0.6 is 0 Å². The molecule has 0 aliphatic rings. The molecule has 13 heavy (non-hydrogen) atoms. The molecule has 0 spiro atoms. The maximum atomic E-state index is 5.24. The van der Waals surface area contributed by atoms with Crippen molar-refractivity contribution in [2.24, 2.45) is 0 Å². The fourth-order valence-corrected chi connectivity index (χ4v) is 0.964. The molecule has 1 atom stereocenters. The molecule has 0 bridgehead atoms. The Labute approximate surface area is 82.7 Å². The fourth-order valence-electron chi connectivity index (χ4n) is 0.964. The predicted molar refractivity (Wildman–Crippen MR) is 58.7 cm³/mol. The van der Waals surface area contributed by atoms with Gasteiger partial charge in [0.1, 0.15) is 0 Å². The normalized spacial score (nSPS) is 13.3. The third-order valence-electron chi connectivity index (χ3n) is 2.27. The van der Waals surface area contributed by atoms with Gasteiger partial charge in [0.25, 0.3) is 0 Å². The summed E-state index contributed by atoms with van der Waals surface area (Å²) >= 11 is 0. The zero-order valence-electron chi connectivity index (χ0n) is 9.30. The lowest BCUT2D eigenvalue weighted by atomic mass is 10.3. The third kappa shape index (κ3) is 6.62. The Hall–Kier alpha value is -0.520. The SMILES string of the molecule is C#CC(C)NCCCN(C)C(C)C. The van der Waals surface area contributed by atoms with Gasteiger partial charge in [-0.1, -0.05) is 5.92 Å². The molecule has 2 nitrogen and oxygen atoms in total. The molecule has 0 saturated heterocycles. The van der Waals surface area contributed by atoms with Crippen LogP contribution in [0.5, 0.6) is 0 Å². The van der Waals surface area contributed by atoms with Crippen LogP contribution in [0.1, 0.15) is 27.2 Å². The highest BCUT2D eigenvalue weighted by Gasteiger charge is 2.02. The van der Waals surface area contributed by atoms with E-state index in [1.807, 2.05) is 6.92 Å². The van der Waals surface area contributed by atoms with Crippen LogP contribution in [0.4, 0.5) is 0 Å². The molecule has 0 aliphatic carbocycles. The lowest BCUT2D eigenvalue weighted by Crippen LogP contribution is -2.31. The molecule has 1 unspecified atom stereocenters. The second kappa shape index (κ2) is 6.94. The van der Waals surface area contributed by atoms with Crippen molar-refractivity contribution < 1.29 is 0 Å². The van der Waals surface area contributed by atoms with Crippen LogP contribution in [-0.2, 0) is 0 Å². The van der Waals surface area contributed by atoms with Gasteiger partial charge in [0.2, 0.25) is 0 Å². The van der Waals surface area contributed by atoms with Crippen molar-refractivity contribution in [3.05, 3.63) is 0 Å². The van der Waals surface area contributed by atoms with Crippen LogP contribution in [-0.4, -0.2) is 37.1 Å². The van der Waals surface area contributed by atoms with Gasteiger partial charge in [0.15, 0.2) is 0 Å². The molecule has 0 aromatic heterocycles. The summed E-state index contributed by atoms with van der Waals surface area (Å²) in [7, 11) is 2.15. The van der Waals surface area contributed by atoms with E-state index in [9.17, 15) is 0 Å². The Kier molecular flexibility index (Phi) is 6.66. The summed E-state index contributed by atoms with van der Waals surface area (Å²) in [5, 5.41) is 3.26. The van der Waals surface area contributed by atoms with Crippen molar-refractivity contribution in [3.8, 4) is 12.3 Å². The van der Waals surface area contributed by atoms with Gasteiger partial charge >= 0.3 is 0 Å². The average molecular weight is 182 g/mol. The van der Waals surface area contributed by atoms with Crippen LogP contribution in [0, 0.1) is 12.3 Å². The largest absolute Gasteiger partial charge is 0.304 e. The highest BCUT2D eigenvalue weighted by atomic mass is 15.1. The van der Waals surface area contributed by atoms with Crippen LogP contribution in [0.2, 0.25) is 0 Å². The molecule has 0 saturated carbocycles. The molecule has 0 rings (SSSR count). The van der Waals surface area contributed by atoms with Crippen LogP contribution in [0.3, 0.4) is 0 Å². The molecule has 1 N–H and O–H groups in total. The summed E-state index contributed by atoms with van der Waals surface area (Å²) in [5.41, 5.74) is 0. The maximum Gasteiger partial charge on any atom is 0.0658 e. The Morgan fingerprint density at radius 1 is 1.38 bits per heavy atom. The number of nitrogens with one attached hydrogen (secondary N) is 1. The van der Waals surface area contributed by atoms with E-state index >= 15 is 0 Å². The zero-order chi connectivity index (χ0) is 10.3.